The van der Waals surface area contributed by atoms with Crippen molar-refractivity contribution in [2.24, 2.45) is 10.7 Å². The van der Waals surface area contributed by atoms with Crippen molar-refractivity contribution in [3.63, 3.8) is 0 Å². The van der Waals surface area contributed by atoms with Gasteiger partial charge in [-0.1, -0.05) is 52.4 Å². The van der Waals surface area contributed by atoms with E-state index >= 15 is 0 Å². The van der Waals surface area contributed by atoms with Gasteiger partial charge in [0.15, 0.2) is 5.13 Å². The highest BCUT2D eigenvalue weighted by atomic mass is 35.5. The number of likely N-dealkylation sites (N-methyl/N-ethyl adjacent to an activating group) is 1. The van der Waals surface area contributed by atoms with Crippen LogP contribution in [-0.2, 0) is 17.1 Å². The topological polar surface area (TPSA) is 76.6 Å². The summed E-state index contributed by atoms with van der Waals surface area (Å²) < 4.78 is 5.31. The number of hydrogen-bond acceptors (Lipinski definition) is 8. The summed E-state index contributed by atoms with van der Waals surface area (Å²) in [6.07, 6.45) is 3.66. The van der Waals surface area contributed by atoms with Gasteiger partial charge in [0.1, 0.15) is 5.04 Å². The minimum absolute atomic E-state index is 0.477. The second-order valence-corrected chi connectivity index (χ2v) is 9.73. The maximum absolute atomic E-state index is 5.78. The van der Waals surface area contributed by atoms with Gasteiger partial charge in [-0.05, 0) is 31.5 Å². The van der Waals surface area contributed by atoms with Crippen LogP contribution in [0.25, 0.3) is 0 Å². The summed E-state index contributed by atoms with van der Waals surface area (Å²) in [6.45, 7) is 5.92. The van der Waals surface area contributed by atoms with E-state index in [1.807, 2.05) is 38.4 Å². The van der Waals surface area contributed by atoms with Crippen molar-refractivity contribution in [3.05, 3.63) is 68.9 Å². The number of rotatable bonds is 6. The Morgan fingerprint density at radius 2 is 2.06 bits per heavy atom. The van der Waals surface area contributed by atoms with Crippen LogP contribution in [0.4, 0.5) is 10.8 Å². The second-order valence-electron chi connectivity index (χ2n) is 7.38. The van der Waals surface area contributed by atoms with Crippen LogP contribution in [0.1, 0.15) is 27.3 Å². The first-order valence-electron chi connectivity index (χ1n) is 10.2. The van der Waals surface area contributed by atoms with Gasteiger partial charge in [-0.3, -0.25) is 4.98 Å². The molecule has 0 amide bonds. The average molecular weight is 490 g/mol. The molecule has 0 unspecified atom stereocenters. The zero-order valence-electron chi connectivity index (χ0n) is 18.8. The summed E-state index contributed by atoms with van der Waals surface area (Å²) in [7, 11) is 3.69. The van der Waals surface area contributed by atoms with E-state index in [1.54, 1.807) is 36.4 Å². The summed E-state index contributed by atoms with van der Waals surface area (Å²) in [5.74, 6) is 0.875. The Balaban J connectivity index is 0.000000269. The summed E-state index contributed by atoms with van der Waals surface area (Å²) in [5.41, 5.74) is 11.1. The molecule has 1 aliphatic rings. The van der Waals surface area contributed by atoms with Crippen LogP contribution < -0.4 is 10.6 Å². The van der Waals surface area contributed by atoms with Crippen LogP contribution in [0.2, 0.25) is 5.02 Å². The van der Waals surface area contributed by atoms with Gasteiger partial charge in [0.25, 0.3) is 0 Å². The smallest absolute Gasteiger partial charge is 0.186 e. The number of thioether (sulfide) groups is 1. The maximum Gasteiger partial charge on any atom is 0.186 e. The normalized spacial score (nSPS) is 12.5. The third-order valence-electron chi connectivity index (χ3n) is 4.73. The number of ether oxygens (including phenoxy) is 1. The first kappa shape index (κ1) is 24.7. The Morgan fingerprint density at radius 3 is 2.75 bits per heavy atom. The van der Waals surface area contributed by atoms with Crippen molar-refractivity contribution < 1.29 is 4.74 Å². The molecular formula is C23H28ClN5OS2. The van der Waals surface area contributed by atoms with Crippen molar-refractivity contribution in [1.29, 1.82) is 0 Å². The SMILES string of the molecule is COCc1nc(N(C)CCN)sc1C1=Nc2ccncc2CS1.Cc1ccc(Cl)c(C)c1. The average Bonchev–Trinajstić information content (AvgIpc) is 3.21. The van der Waals surface area contributed by atoms with Gasteiger partial charge in [-0.2, -0.15) is 0 Å². The summed E-state index contributed by atoms with van der Waals surface area (Å²) in [6, 6.07) is 7.96. The van der Waals surface area contributed by atoms with E-state index in [0.717, 1.165) is 49.3 Å². The number of thiazole rings is 1. The number of halogens is 1. The molecule has 9 heteroatoms. The second kappa shape index (κ2) is 11.8. The molecule has 2 N–H and O–H groups in total. The number of nitrogens with two attached hydrogens (primary N) is 1. The lowest BCUT2D eigenvalue weighted by molar-refractivity contribution is 0.182. The number of aromatic nitrogens is 2. The van der Waals surface area contributed by atoms with E-state index in [2.05, 4.69) is 22.9 Å². The van der Waals surface area contributed by atoms with Gasteiger partial charge in [0.2, 0.25) is 0 Å². The van der Waals surface area contributed by atoms with Gasteiger partial charge in [0.05, 0.1) is 22.9 Å². The molecule has 0 spiro atoms. The first-order valence-corrected chi connectivity index (χ1v) is 12.4. The molecule has 0 aliphatic carbocycles. The number of aryl methyl sites for hydroxylation is 2. The Kier molecular flexibility index (Phi) is 9.07. The van der Waals surface area contributed by atoms with Crippen molar-refractivity contribution in [3.8, 4) is 0 Å². The molecule has 6 nitrogen and oxygen atoms in total. The van der Waals surface area contributed by atoms with Crippen molar-refractivity contribution in [2.45, 2.75) is 26.2 Å². The lowest BCUT2D eigenvalue weighted by Gasteiger charge is -2.14. The molecule has 1 aliphatic heterocycles. The minimum atomic E-state index is 0.477. The number of aliphatic imine (C=N–C) groups is 1. The third kappa shape index (κ3) is 6.30. The van der Waals surface area contributed by atoms with Crippen LogP contribution in [0.5, 0.6) is 0 Å². The van der Waals surface area contributed by atoms with Crippen LogP contribution in [0, 0.1) is 13.8 Å². The molecule has 4 rings (SSSR count). The predicted molar refractivity (Wildman–Crippen MR) is 138 cm³/mol. The Hall–Kier alpha value is -1.97. The standard InChI is InChI=1S/C15H19N5OS2.C8H9Cl/c1-20(6-4-16)15-19-12(8-21-2)13(23-15)14-18-11-3-5-17-7-10(11)9-22-14;1-6-3-4-8(9)7(2)5-6/h3,5,7H,4,6,8-9,16H2,1-2H3;3-5H,1-2H3. The highest BCUT2D eigenvalue weighted by Crippen LogP contribution is 2.37. The van der Waals surface area contributed by atoms with Gasteiger partial charge in [0, 0.05) is 56.0 Å². The number of hydrogen-bond donors (Lipinski definition) is 1. The molecule has 1 aromatic carbocycles. The van der Waals surface area contributed by atoms with Crippen LogP contribution >= 0.6 is 34.7 Å². The largest absolute Gasteiger partial charge is 0.378 e. The van der Waals surface area contributed by atoms with E-state index < -0.39 is 0 Å². The number of pyridine rings is 1. The molecule has 0 atom stereocenters. The number of nitrogens with zero attached hydrogens (tertiary/aromatic N) is 4. The molecule has 3 aromatic rings. The molecule has 170 valence electrons. The molecule has 32 heavy (non-hydrogen) atoms. The van der Waals surface area contributed by atoms with Crippen LogP contribution in [0.3, 0.4) is 0 Å². The zero-order chi connectivity index (χ0) is 23.1. The third-order valence-corrected chi connectivity index (χ3v) is 7.53. The van der Waals surface area contributed by atoms with Crippen LogP contribution in [0.15, 0.2) is 41.7 Å². The number of benzene rings is 1. The fourth-order valence-electron chi connectivity index (χ4n) is 3.03. The monoisotopic (exact) mass is 489 g/mol. The van der Waals surface area contributed by atoms with Crippen molar-refractivity contribution >= 4 is 50.6 Å². The first-order chi connectivity index (χ1) is 15.4. The Bertz CT molecular complexity index is 1090. The number of fused-ring (bicyclic) bond motifs is 1. The van der Waals surface area contributed by atoms with Crippen molar-refractivity contribution in [1.82, 2.24) is 9.97 Å². The Morgan fingerprint density at radius 1 is 1.25 bits per heavy atom. The fraction of sp³-hybridized carbons (Fsp3) is 0.348. The van der Waals surface area contributed by atoms with E-state index in [1.165, 1.54) is 11.1 Å². The lowest BCUT2D eigenvalue weighted by atomic mass is 10.2. The fourth-order valence-corrected chi connectivity index (χ4v) is 5.32. The van der Waals surface area contributed by atoms with E-state index in [0.29, 0.717) is 13.2 Å². The van der Waals surface area contributed by atoms with Crippen LogP contribution in [-0.4, -0.2) is 42.3 Å². The Labute approximate surface area is 202 Å². The maximum atomic E-state index is 5.78. The predicted octanol–water partition coefficient (Wildman–Crippen LogP) is 5.36. The van der Waals surface area contributed by atoms with Gasteiger partial charge >= 0.3 is 0 Å². The molecule has 0 bridgehead atoms. The molecule has 2 aromatic heterocycles. The molecule has 3 heterocycles. The number of methoxy groups -OCH3 is 1. The van der Waals surface area contributed by atoms with E-state index in [4.69, 9.17) is 32.0 Å². The van der Waals surface area contributed by atoms with Gasteiger partial charge in [-0.15, -0.1) is 0 Å². The summed E-state index contributed by atoms with van der Waals surface area (Å²) in [5, 5.41) is 2.79. The van der Waals surface area contributed by atoms with E-state index in [9.17, 15) is 0 Å². The molecule has 0 saturated heterocycles. The minimum Gasteiger partial charge on any atom is -0.378 e. The van der Waals surface area contributed by atoms with E-state index in [-0.39, 0.29) is 0 Å². The zero-order valence-corrected chi connectivity index (χ0v) is 21.2. The molecular weight excluding hydrogens is 462 g/mol. The lowest BCUT2D eigenvalue weighted by Crippen LogP contribution is -2.24. The van der Waals surface area contributed by atoms with Gasteiger partial charge < -0.3 is 15.4 Å². The number of anilines is 1. The molecule has 0 radical (unpaired) electrons. The molecule has 0 saturated carbocycles. The quantitative estimate of drug-likeness (QED) is 0.502. The van der Waals surface area contributed by atoms with Crippen molar-refractivity contribution in [2.75, 3.05) is 32.1 Å². The highest BCUT2D eigenvalue weighted by molar-refractivity contribution is 8.14. The summed E-state index contributed by atoms with van der Waals surface area (Å²) >= 11 is 9.14. The highest BCUT2D eigenvalue weighted by Gasteiger charge is 2.22. The molecule has 0 fully saturated rings. The summed E-state index contributed by atoms with van der Waals surface area (Å²) in [4.78, 5) is 16.8. The van der Waals surface area contributed by atoms with Gasteiger partial charge in [-0.25, -0.2) is 9.98 Å².